The van der Waals surface area contributed by atoms with Crippen molar-refractivity contribution in [3.8, 4) is 0 Å². The molecule has 1 N–H and O–H groups in total. The van der Waals surface area contributed by atoms with Gasteiger partial charge in [0.1, 0.15) is 0 Å². The fourth-order valence-corrected chi connectivity index (χ4v) is 5.19. The standard InChI is InChI=1S/C20H29ClN6O3S.Na/c1-14(2)15-8-16(21)10-17(9-15)23-20(28)24-31(29,30)27(19-11-22-26(4)13-19)18-6-5-7-25(3)12-18;/h8-11,13-14,18H,5-7,12H2,1-4H3,(H2,23,24,28);/q;+1/p-1. The summed E-state index contributed by atoms with van der Waals surface area (Å²) < 4.78 is 32.7. The number of piperidine rings is 1. The van der Waals surface area contributed by atoms with Crippen molar-refractivity contribution in [2.45, 2.75) is 38.6 Å². The number of likely N-dealkylation sites (N-methyl/N-ethyl adjacent to an activating group) is 1. The van der Waals surface area contributed by atoms with Crippen molar-refractivity contribution in [3.63, 3.8) is 0 Å². The first-order chi connectivity index (χ1) is 14.5. The number of nitrogens with zero attached hydrogens (tertiary/aromatic N) is 5. The molecular formula is C20H28ClN6NaO3S. The molecule has 9 nitrogen and oxygen atoms in total. The first-order valence-electron chi connectivity index (χ1n) is 10.1. The van der Waals surface area contributed by atoms with Crippen LogP contribution < -0.4 is 39.2 Å². The number of carbonyl (C=O) groups excluding carboxylic acids is 1. The summed E-state index contributed by atoms with van der Waals surface area (Å²) in [5.74, 6) is 0.194. The molecule has 170 valence electrons. The largest absolute Gasteiger partial charge is 1.00 e. The number of carbonyl (C=O) groups is 1. The third-order valence-electron chi connectivity index (χ3n) is 5.16. The number of halogens is 1. The van der Waals surface area contributed by atoms with E-state index in [1.807, 2.05) is 20.9 Å². The minimum absolute atomic E-state index is 0. The van der Waals surface area contributed by atoms with E-state index in [1.165, 1.54) is 15.2 Å². The Morgan fingerprint density at radius 2 is 2.03 bits per heavy atom. The fourth-order valence-electron chi connectivity index (χ4n) is 3.70. The molecule has 1 aromatic heterocycles. The molecule has 0 aliphatic carbocycles. The van der Waals surface area contributed by atoms with Gasteiger partial charge in [-0.2, -0.15) is 5.10 Å². The van der Waals surface area contributed by atoms with E-state index < -0.39 is 16.2 Å². The molecule has 0 saturated carbocycles. The van der Waals surface area contributed by atoms with Crippen LogP contribution in [-0.4, -0.2) is 55.3 Å². The molecule has 1 atom stereocenters. The van der Waals surface area contributed by atoms with Gasteiger partial charge in [-0.05, 0) is 55.7 Å². The summed E-state index contributed by atoms with van der Waals surface area (Å²) >= 11 is 6.14. The third kappa shape index (κ3) is 6.85. The van der Waals surface area contributed by atoms with Crippen molar-refractivity contribution in [1.29, 1.82) is 0 Å². The summed E-state index contributed by atoms with van der Waals surface area (Å²) in [6, 6.07) is 3.80. The predicted molar refractivity (Wildman–Crippen MR) is 123 cm³/mol. The molecule has 0 radical (unpaired) electrons. The molecule has 2 heterocycles. The van der Waals surface area contributed by atoms with Crippen LogP contribution in [0.25, 0.3) is 4.72 Å². The molecule has 1 saturated heterocycles. The van der Waals surface area contributed by atoms with Crippen molar-refractivity contribution in [1.82, 2.24) is 14.7 Å². The first kappa shape index (κ1) is 26.9. The van der Waals surface area contributed by atoms with Crippen LogP contribution in [-0.2, 0) is 17.3 Å². The molecule has 3 rings (SSSR count). The maximum Gasteiger partial charge on any atom is 1.00 e. The average molecular weight is 491 g/mol. The summed E-state index contributed by atoms with van der Waals surface area (Å²) in [5.41, 5.74) is 1.70. The van der Waals surface area contributed by atoms with Crippen LogP contribution in [0, 0.1) is 0 Å². The zero-order valence-corrected chi connectivity index (χ0v) is 22.7. The normalized spacial score (nSPS) is 17.0. The second-order valence-electron chi connectivity index (χ2n) is 8.15. The number of hydrogen-bond donors (Lipinski definition) is 1. The molecule has 32 heavy (non-hydrogen) atoms. The molecular weight excluding hydrogens is 463 g/mol. The van der Waals surface area contributed by atoms with Gasteiger partial charge < -0.3 is 14.9 Å². The summed E-state index contributed by atoms with van der Waals surface area (Å²) in [4.78, 5) is 14.6. The maximum absolute atomic E-state index is 13.2. The average Bonchev–Trinajstić information content (AvgIpc) is 3.06. The molecule has 1 fully saturated rings. The van der Waals surface area contributed by atoms with Gasteiger partial charge in [-0.15, -0.1) is 0 Å². The van der Waals surface area contributed by atoms with Crippen molar-refractivity contribution < 1.29 is 42.8 Å². The number of amides is 2. The van der Waals surface area contributed by atoms with Crippen LogP contribution >= 0.6 is 11.6 Å². The first-order valence-corrected chi connectivity index (χ1v) is 11.9. The molecule has 0 spiro atoms. The number of nitrogens with one attached hydrogen (secondary N) is 1. The second-order valence-corrected chi connectivity index (χ2v) is 10.1. The predicted octanol–water partition coefficient (Wildman–Crippen LogP) is 0.952. The molecule has 1 aliphatic heterocycles. The molecule has 12 heteroatoms. The van der Waals surface area contributed by atoms with Gasteiger partial charge in [-0.1, -0.05) is 31.5 Å². The number of urea groups is 1. The molecule has 2 aromatic rings. The van der Waals surface area contributed by atoms with Crippen molar-refractivity contribution in [2.24, 2.45) is 7.05 Å². The van der Waals surface area contributed by atoms with Crippen LogP contribution in [0.3, 0.4) is 0 Å². The Kier molecular flexibility index (Phi) is 9.45. The quantitative estimate of drug-likeness (QED) is 0.607. The number of aryl methyl sites for hydroxylation is 1. The van der Waals surface area contributed by atoms with E-state index in [0.29, 0.717) is 29.4 Å². The van der Waals surface area contributed by atoms with Crippen LogP contribution in [0.5, 0.6) is 0 Å². The van der Waals surface area contributed by atoms with Gasteiger partial charge in [-0.25, -0.2) is 8.42 Å². The zero-order chi connectivity index (χ0) is 22.8. The number of rotatable bonds is 6. The number of aromatic nitrogens is 2. The number of likely N-dealkylation sites (tertiary alicyclic amines) is 1. The van der Waals surface area contributed by atoms with E-state index in [9.17, 15) is 13.2 Å². The molecule has 2 amide bonds. The van der Waals surface area contributed by atoms with Gasteiger partial charge in [0.25, 0.3) is 10.2 Å². The van der Waals surface area contributed by atoms with Crippen molar-refractivity contribution >= 4 is 39.2 Å². The van der Waals surface area contributed by atoms with E-state index in [0.717, 1.165) is 18.5 Å². The Morgan fingerprint density at radius 3 is 2.62 bits per heavy atom. The molecule has 0 bridgehead atoms. The zero-order valence-electron chi connectivity index (χ0n) is 19.1. The molecule has 1 aliphatic rings. The van der Waals surface area contributed by atoms with Crippen molar-refractivity contribution in [2.75, 3.05) is 29.8 Å². The minimum atomic E-state index is -4.31. The SMILES string of the molecule is CC(C)c1cc(Cl)cc(NC(=O)[N-]S(=O)(=O)N(c2cnn(C)c2)C2CCCN(C)C2)c1.[Na+]. The van der Waals surface area contributed by atoms with Gasteiger partial charge in [0, 0.05) is 24.8 Å². The van der Waals surface area contributed by atoms with Crippen LogP contribution in [0.1, 0.15) is 38.2 Å². The van der Waals surface area contributed by atoms with Gasteiger partial charge in [0.2, 0.25) is 0 Å². The topological polar surface area (TPSA) is 102 Å². The van der Waals surface area contributed by atoms with Crippen LogP contribution in [0.2, 0.25) is 5.02 Å². The van der Waals surface area contributed by atoms with E-state index in [2.05, 4.69) is 20.0 Å². The molecule has 1 unspecified atom stereocenters. The number of hydrogen-bond acceptors (Lipinski definition) is 5. The number of anilines is 2. The Balaban J connectivity index is 0.00000363. The van der Waals surface area contributed by atoms with Gasteiger partial charge in [-0.3, -0.25) is 13.8 Å². The van der Waals surface area contributed by atoms with Gasteiger partial charge >= 0.3 is 29.6 Å². The minimum Gasteiger partial charge on any atom is -0.423 e. The molecule has 1 aromatic carbocycles. The smallest absolute Gasteiger partial charge is 0.423 e. The maximum atomic E-state index is 13.2. The van der Waals surface area contributed by atoms with Crippen LogP contribution in [0.4, 0.5) is 16.2 Å². The summed E-state index contributed by atoms with van der Waals surface area (Å²) in [7, 11) is -0.663. The Bertz CT molecular complexity index is 1050. The van der Waals surface area contributed by atoms with Gasteiger partial charge in [0.05, 0.1) is 17.9 Å². The Morgan fingerprint density at radius 1 is 1.31 bits per heavy atom. The number of benzene rings is 1. The summed E-state index contributed by atoms with van der Waals surface area (Å²) in [6.07, 6.45) is 4.58. The Hall–Kier alpha value is -1.30. The fraction of sp³-hybridized carbons (Fsp3) is 0.500. The Labute approximate surface area is 216 Å². The second kappa shape index (κ2) is 11.2. The summed E-state index contributed by atoms with van der Waals surface area (Å²) in [5, 5.41) is 7.07. The third-order valence-corrected chi connectivity index (χ3v) is 6.78. The van der Waals surface area contributed by atoms with E-state index in [-0.39, 0.29) is 41.5 Å². The van der Waals surface area contributed by atoms with E-state index in [1.54, 1.807) is 31.4 Å². The van der Waals surface area contributed by atoms with Crippen molar-refractivity contribution in [3.05, 3.63) is 45.9 Å². The monoisotopic (exact) mass is 490 g/mol. The van der Waals surface area contributed by atoms with Gasteiger partial charge in [0.15, 0.2) is 6.03 Å². The van der Waals surface area contributed by atoms with E-state index >= 15 is 0 Å². The van der Waals surface area contributed by atoms with E-state index in [4.69, 9.17) is 11.6 Å². The summed E-state index contributed by atoms with van der Waals surface area (Å²) in [6.45, 7) is 5.43. The van der Waals surface area contributed by atoms with Crippen LogP contribution in [0.15, 0.2) is 30.6 Å².